The van der Waals surface area contributed by atoms with E-state index in [0.717, 1.165) is 12.8 Å². The molecule has 1 unspecified atom stereocenters. The van der Waals surface area contributed by atoms with Crippen LogP contribution >= 0.6 is 0 Å². The first kappa shape index (κ1) is 14.7. The van der Waals surface area contributed by atoms with Gasteiger partial charge in [-0.05, 0) is 36.8 Å². The number of nitrogens with zero attached hydrogens (tertiary/aromatic N) is 1. The zero-order valence-electron chi connectivity index (χ0n) is 12.0. The smallest absolute Gasteiger partial charge is 0.235 e. The average Bonchev–Trinajstić information content (AvgIpc) is 2.92. The second-order valence-electron chi connectivity index (χ2n) is 5.94. The van der Waals surface area contributed by atoms with E-state index < -0.39 is 10.8 Å². The highest BCUT2D eigenvalue weighted by Crippen LogP contribution is 2.25. The van der Waals surface area contributed by atoms with E-state index in [1.807, 2.05) is 12.1 Å². The van der Waals surface area contributed by atoms with E-state index in [1.54, 1.807) is 4.90 Å². The van der Waals surface area contributed by atoms with Crippen LogP contribution in [0.15, 0.2) is 24.3 Å². The molecular weight excluding hydrogens is 286 g/mol. The number of hydrogen-bond acceptors (Lipinski definition) is 3. The van der Waals surface area contributed by atoms with Gasteiger partial charge in [-0.1, -0.05) is 24.3 Å². The lowest BCUT2D eigenvalue weighted by atomic mass is 10.1. The van der Waals surface area contributed by atoms with Crippen molar-refractivity contribution in [3.8, 4) is 0 Å². The van der Waals surface area contributed by atoms with Crippen LogP contribution in [0.2, 0.25) is 0 Å². The summed E-state index contributed by atoms with van der Waals surface area (Å²) in [5.41, 5.74) is 2.54. The maximum Gasteiger partial charge on any atom is 0.235 e. The molecule has 1 aromatic carbocycles. The summed E-state index contributed by atoms with van der Waals surface area (Å²) in [6.45, 7) is 1.17. The van der Waals surface area contributed by atoms with Crippen molar-refractivity contribution < 1.29 is 14.1 Å². The monoisotopic (exact) mass is 307 g/mol. The predicted molar refractivity (Wildman–Crippen MR) is 82.5 cm³/mol. The Morgan fingerprint density at radius 3 is 2.33 bits per heavy atom. The van der Waals surface area contributed by atoms with Crippen LogP contribution in [-0.2, 0) is 28.4 Å². The first-order valence-corrected chi connectivity index (χ1v) is 8.91. The zero-order valence-corrected chi connectivity index (χ0v) is 12.8. The standard InChI is InChI=1S/C16H21NO3S/c18-14-5-7-17(8-6-14)16(19)11-21(20)15-9-12-3-1-2-4-13(12)10-15/h1-4,14-15,18H,5-11H2. The Labute approximate surface area is 127 Å². The predicted octanol–water partition coefficient (Wildman–Crippen LogP) is 0.886. The van der Waals surface area contributed by atoms with Crippen LogP contribution in [0.3, 0.4) is 0 Å². The molecule has 0 aromatic heterocycles. The highest BCUT2D eigenvalue weighted by Gasteiger charge is 2.29. The molecule has 0 bridgehead atoms. The van der Waals surface area contributed by atoms with Gasteiger partial charge in [-0.3, -0.25) is 9.00 Å². The van der Waals surface area contributed by atoms with Crippen molar-refractivity contribution in [3.63, 3.8) is 0 Å². The summed E-state index contributed by atoms with van der Waals surface area (Å²) >= 11 is 0. The average molecular weight is 307 g/mol. The van der Waals surface area contributed by atoms with Gasteiger partial charge in [0.15, 0.2) is 0 Å². The highest BCUT2D eigenvalue weighted by molar-refractivity contribution is 7.86. The van der Waals surface area contributed by atoms with Crippen molar-refractivity contribution in [2.75, 3.05) is 18.8 Å². The lowest BCUT2D eigenvalue weighted by Crippen LogP contribution is -2.42. The summed E-state index contributed by atoms with van der Waals surface area (Å²) < 4.78 is 12.4. The molecule has 0 spiro atoms. The molecule has 2 aliphatic rings. The van der Waals surface area contributed by atoms with E-state index in [-0.39, 0.29) is 23.0 Å². The number of fused-ring (bicyclic) bond motifs is 1. The van der Waals surface area contributed by atoms with Gasteiger partial charge in [-0.25, -0.2) is 0 Å². The lowest BCUT2D eigenvalue weighted by Gasteiger charge is -2.29. The molecule has 1 aliphatic heterocycles. The highest BCUT2D eigenvalue weighted by atomic mass is 32.2. The quantitative estimate of drug-likeness (QED) is 0.902. The summed E-state index contributed by atoms with van der Waals surface area (Å²) in [4.78, 5) is 13.9. The van der Waals surface area contributed by atoms with Crippen LogP contribution in [0.4, 0.5) is 0 Å². The number of piperidine rings is 1. The first-order valence-electron chi connectivity index (χ1n) is 7.53. The minimum atomic E-state index is -1.12. The van der Waals surface area contributed by atoms with Gasteiger partial charge < -0.3 is 10.0 Å². The Bertz CT molecular complexity index is 527. The maximum absolute atomic E-state index is 12.4. The summed E-state index contributed by atoms with van der Waals surface area (Å²) in [6.07, 6.45) is 2.60. The van der Waals surface area contributed by atoms with E-state index in [4.69, 9.17) is 0 Å². The van der Waals surface area contributed by atoms with Gasteiger partial charge in [0.05, 0.1) is 6.10 Å². The Hall–Kier alpha value is -1.20. The molecule has 21 heavy (non-hydrogen) atoms. The second kappa shape index (κ2) is 6.28. The molecule has 1 heterocycles. The van der Waals surface area contributed by atoms with Gasteiger partial charge in [0.1, 0.15) is 5.75 Å². The Kier molecular flexibility index (Phi) is 4.40. The van der Waals surface area contributed by atoms with Crippen LogP contribution in [0.5, 0.6) is 0 Å². The second-order valence-corrected chi connectivity index (χ2v) is 7.65. The third kappa shape index (κ3) is 3.35. The summed E-state index contributed by atoms with van der Waals surface area (Å²) in [5, 5.41) is 9.54. The molecule has 1 aliphatic carbocycles. The lowest BCUT2D eigenvalue weighted by molar-refractivity contribution is -0.130. The molecule has 0 saturated carbocycles. The molecule has 1 saturated heterocycles. The third-order valence-electron chi connectivity index (χ3n) is 4.47. The number of likely N-dealkylation sites (tertiary alicyclic amines) is 1. The van der Waals surface area contributed by atoms with Gasteiger partial charge in [0, 0.05) is 29.1 Å². The number of amides is 1. The summed E-state index contributed by atoms with van der Waals surface area (Å²) in [6, 6.07) is 8.18. The molecule has 5 heteroatoms. The first-order chi connectivity index (χ1) is 10.1. The van der Waals surface area contributed by atoms with Crippen LogP contribution in [0, 0.1) is 0 Å². The Balaban J connectivity index is 1.54. The fraction of sp³-hybridized carbons (Fsp3) is 0.562. The molecule has 1 aromatic rings. The van der Waals surface area contributed by atoms with Crippen molar-refractivity contribution in [3.05, 3.63) is 35.4 Å². The number of rotatable bonds is 3. The van der Waals surface area contributed by atoms with E-state index in [2.05, 4.69) is 12.1 Å². The Morgan fingerprint density at radius 2 is 1.76 bits per heavy atom. The van der Waals surface area contributed by atoms with E-state index in [1.165, 1.54) is 11.1 Å². The summed E-state index contributed by atoms with van der Waals surface area (Å²) in [5.74, 6) is 0.0885. The number of carbonyl (C=O) groups excluding carboxylic acids is 1. The fourth-order valence-corrected chi connectivity index (χ4v) is 4.54. The third-order valence-corrected chi connectivity index (χ3v) is 6.08. The maximum atomic E-state index is 12.4. The zero-order chi connectivity index (χ0) is 14.8. The SMILES string of the molecule is O=C(CS(=O)C1Cc2ccccc2C1)N1CCC(O)CC1. The van der Waals surface area contributed by atoms with Crippen molar-refractivity contribution in [1.82, 2.24) is 4.90 Å². The van der Waals surface area contributed by atoms with Crippen LogP contribution < -0.4 is 0 Å². The van der Waals surface area contributed by atoms with Crippen molar-refractivity contribution >= 4 is 16.7 Å². The minimum Gasteiger partial charge on any atom is -0.393 e. The van der Waals surface area contributed by atoms with E-state index >= 15 is 0 Å². The van der Waals surface area contributed by atoms with Crippen LogP contribution in [0.25, 0.3) is 0 Å². The van der Waals surface area contributed by atoms with Gasteiger partial charge in [0.2, 0.25) is 5.91 Å². The van der Waals surface area contributed by atoms with Crippen molar-refractivity contribution in [2.24, 2.45) is 0 Å². The largest absolute Gasteiger partial charge is 0.393 e. The van der Waals surface area contributed by atoms with Crippen LogP contribution in [0.1, 0.15) is 24.0 Å². The van der Waals surface area contributed by atoms with Crippen molar-refractivity contribution in [1.29, 1.82) is 0 Å². The molecule has 1 fully saturated rings. The topological polar surface area (TPSA) is 57.6 Å². The number of hydrogen-bond donors (Lipinski definition) is 1. The molecule has 0 radical (unpaired) electrons. The van der Waals surface area contributed by atoms with E-state index in [0.29, 0.717) is 25.9 Å². The minimum absolute atomic E-state index is 0.0313. The molecule has 1 N–H and O–H groups in total. The van der Waals surface area contributed by atoms with Gasteiger partial charge in [-0.2, -0.15) is 0 Å². The summed E-state index contributed by atoms with van der Waals surface area (Å²) in [7, 11) is -1.12. The Morgan fingerprint density at radius 1 is 1.19 bits per heavy atom. The van der Waals surface area contributed by atoms with Gasteiger partial charge >= 0.3 is 0 Å². The number of benzene rings is 1. The normalized spacial score (nSPS) is 21.3. The fourth-order valence-electron chi connectivity index (χ4n) is 3.15. The molecule has 114 valence electrons. The van der Waals surface area contributed by atoms with Gasteiger partial charge in [-0.15, -0.1) is 0 Å². The van der Waals surface area contributed by atoms with Gasteiger partial charge in [0.25, 0.3) is 0 Å². The molecule has 4 nitrogen and oxygen atoms in total. The van der Waals surface area contributed by atoms with Crippen LogP contribution in [-0.4, -0.2) is 50.3 Å². The molecule has 1 amide bonds. The molecule has 3 rings (SSSR count). The number of carbonyl (C=O) groups is 1. The molecule has 1 atom stereocenters. The van der Waals surface area contributed by atoms with E-state index in [9.17, 15) is 14.1 Å². The number of aliphatic hydroxyl groups is 1. The molecular formula is C16H21NO3S. The van der Waals surface area contributed by atoms with Crippen molar-refractivity contribution in [2.45, 2.75) is 37.0 Å². The number of aliphatic hydroxyl groups excluding tert-OH is 1.